The third-order valence-corrected chi connectivity index (χ3v) is 6.04. The molecule has 28 heavy (non-hydrogen) atoms. The highest BCUT2D eigenvalue weighted by Gasteiger charge is 2.34. The van der Waals surface area contributed by atoms with Crippen LogP contribution in [0.5, 0.6) is 0 Å². The Kier molecular flexibility index (Phi) is 6.83. The van der Waals surface area contributed by atoms with Crippen LogP contribution in [-0.2, 0) is 23.2 Å². The van der Waals surface area contributed by atoms with E-state index in [9.17, 15) is 9.59 Å². The van der Waals surface area contributed by atoms with Gasteiger partial charge in [0.2, 0.25) is 11.8 Å². The van der Waals surface area contributed by atoms with Crippen LogP contribution in [0.2, 0.25) is 0 Å². The van der Waals surface area contributed by atoms with Crippen molar-refractivity contribution in [3.8, 4) is 0 Å². The smallest absolute Gasteiger partial charge is 0.242 e. The van der Waals surface area contributed by atoms with Crippen molar-refractivity contribution in [3.63, 3.8) is 0 Å². The second-order valence-corrected chi connectivity index (χ2v) is 8.63. The highest BCUT2D eigenvalue weighted by molar-refractivity contribution is 8.00. The van der Waals surface area contributed by atoms with Crippen LogP contribution < -0.4 is 0 Å². The monoisotopic (exact) mass is 399 g/mol. The fourth-order valence-corrected chi connectivity index (χ4v) is 3.99. The summed E-state index contributed by atoms with van der Waals surface area (Å²) in [5, 5.41) is 0. The van der Waals surface area contributed by atoms with Crippen molar-refractivity contribution in [1.29, 1.82) is 0 Å². The molecule has 0 N–H and O–H groups in total. The van der Waals surface area contributed by atoms with Crippen LogP contribution >= 0.6 is 11.8 Å². The molecule has 1 aromatic heterocycles. The van der Waals surface area contributed by atoms with E-state index in [2.05, 4.69) is 0 Å². The average molecular weight is 400 g/mol. The molecular weight excluding hydrogens is 370 g/mol. The van der Waals surface area contributed by atoms with Gasteiger partial charge in [-0.05, 0) is 51.0 Å². The summed E-state index contributed by atoms with van der Waals surface area (Å²) in [6.07, 6.45) is 4.10. The normalized spacial score (nSPS) is 13.6. The summed E-state index contributed by atoms with van der Waals surface area (Å²) < 4.78 is 2.05. The van der Waals surface area contributed by atoms with E-state index in [1.165, 1.54) is 11.8 Å². The van der Waals surface area contributed by atoms with E-state index < -0.39 is 0 Å². The first-order chi connectivity index (χ1) is 13.5. The van der Waals surface area contributed by atoms with Crippen molar-refractivity contribution in [2.45, 2.75) is 50.2 Å². The molecule has 5 nitrogen and oxygen atoms in total. The van der Waals surface area contributed by atoms with Gasteiger partial charge in [0, 0.05) is 35.9 Å². The third-order valence-electron chi connectivity index (χ3n) is 5.05. The van der Waals surface area contributed by atoms with Crippen molar-refractivity contribution in [1.82, 2.24) is 14.4 Å². The van der Waals surface area contributed by atoms with Crippen LogP contribution in [0.4, 0.5) is 0 Å². The lowest BCUT2D eigenvalue weighted by Crippen LogP contribution is -2.47. The number of aryl methyl sites for hydroxylation is 1. The fraction of sp³-hybridized carbons (Fsp3) is 0.455. The molecule has 0 bridgehead atoms. The van der Waals surface area contributed by atoms with Gasteiger partial charge < -0.3 is 14.4 Å². The zero-order chi connectivity index (χ0) is 20.1. The van der Waals surface area contributed by atoms with Crippen LogP contribution in [0.25, 0.3) is 0 Å². The number of thioether (sulfide) groups is 1. The van der Waals surface area contributed by atoms with Gasteiger partial charge in [-0.1, -0.05) is 18.2 Å². The topological polar surface area (TPSA) is 45.6 Å². The first kappa shape index (κ1) is 20.5. The molecule has 6 heteroatoms. The average Bonchev–Trinajstić information content (AvgIpc) is 3.44. The summed E-state index contributed by atoms with van der Waals surface area (Å²) in [5.41, 5.74) is 1.11. The van der Waals surface area contributed by atoms with E-state index in [1.807, 2.05) is 79.0 Å². The summed E-state index contributed by atoms with van der Waals surface area (Å²) in [6.45, 7) is 4.69. The van der Waals surface area contributed by atoms with Gasteiger partial charge in [0.15, 0.2) is 0 Å². The minimum absolute atomic E-state index is 0.00631. The maximum atomic E-state index is 13.1. The van der Waals surface area contributed by atoms with Gasteiger partial charge in [-0.25, -0.2) is 0 Å². The van der Waals surface area contributed by atoms with Gasteiger partial charge in [0.1, 0.15) is 6.54 Å². The molecule has 3 rings (SSSR count). The lowest BCUT2D eigenvalue weighted by molar-refractivity contribution is -0.141. The molecule has 0 aliphatic heterocycles. The van der Waals surface area contributed by atoms with E-state index in [1.54, 1.807) is 4.90 Å². The predicted octanol–water partition coefficient (Wildman–Crippen LogP) is 3.55. The van der Waals surface area contributed by atoms with E-state index in [0.717, 1.165) is 23.4 Å². The molecule has 0 unspecified atom stereocenters. The second-order valence-electron chi connectivity index (χ2n) is 7.58. The zero-order valence-corrected chi connectivity index (χ0v) is 17.7. The number of benzene rings is 1. The number of carbonyl (C=O) groups excluding carboxylic acids is 2. The van der Waals surface area contributed by atoms with E-state index >= 15 is 0 Å². The third kappa shape index (κ3) is 5.41. The van der Waals surface area contributed by atoms with Crippen LogP contribution in [0.3, 0.4) is 0 Å². The zero-order valence-electron chi connectivity index (χ0n) is 16.9. The SMILES string of the molecule is CC(C)N(CC(=O)N(Cc1cccn1C)C1CC1)C(=O)CSc1ccccc1. The second kappa shape index (κ2) is 9.32. The number of hydrogen-bond donors (Lipinski definition) is 0. The highest BCUT2D eigenvalue weighted by Crippen LogP contribution is 2.29. The number of hydrogen-bond acceptors (Lipinski definition) is 3. The molecule has 0 spiro atoms. The number of aromatic nitrogens is 1. The lowest BCUT2D eigenvalue weighted by Gasteiger charge is -2.30. The summed E-state index contributed by atoms with van der Waals surface area (Å²) in [5.74, 6) is 0.388. The summed E-state index contributed by atoms with van der Waals surface area (Å²) in [7, 11) is 2.00. The molecule has 1 saturated carbocycles. The fourth-order valence-electron chi connectivity index (χ4n) is 3.18. The van der Waals surface area contributed by atoms with Crippen LogP contribution in [0.15, 0.2) is 53.6 Å². The Balaban J connectivity index is 1.62. The quantitative estimate of drug-likeness (QED) is 0.606. The Hall–Kier alpha value is -2.21. The lowest BCUT2D eigenvalue weighted by atomic mass is 10.3. The van der Waals surface area contributed by atoms with Gasteiger partial charge in [-0.15, -0.1) is 11.8 Å². The largest absolute Gasteiger partial charge is 0.353 e. The van der Waals surface area contributed by atoms with Gasteiger partial charge >= 0.3 is 0 Å². The highest BCUT2D eigenvalue weighted by atomic mass is 32.2. The van der Waals surface area contributed by atoms with Gasteiger partial charge in [0.25, 0.3) is 0 Å². The first-order valence-electron chi connectivity index (χ1n) is 9.82. The molecular formula is C22H29N3O2S. The van der Waals surface area contributed by atoms with Gasteiger partial charge in [0.05, 0.1) is 12.3 Å². The Bertz CT molecular complexity index is 799. The van der Waals surface area contributed by atoms with E-state index in [-0.39, 0.29) is 24.4 Å². The summed E-state index contributed by atoms with van der Waals surface area (Å²) >= 11 is 1.51. The van der Waals surface area contributed by atoms with Crippen LogP contribution in [0, 0.1) is 0 Å². The Morgan fingerprint density at radius 2 is 1.82 bits per heavy atom. The molecule has 150 valence electrons. The molecule has 1 aromatic carbocycles. The van der Waals surface area contributed by atoms with Crippen molar-refractivity contribution in [2.24, 2.45) is 7.05 Å². The van der Waals surface area contributed by atoms with Crippen LogP contribution in [0.1, 0.15) is 32.4 Å². The maximum absolute atomic E-state index is 13.1. The minimum Gasteiger partial charge on any atom is -0.353 e. The van der Waals surface area contributed by atoms with Crippen molar-refractivity contribution < 1.29 is 9.59 Å². The summed E-state index contributed by atoms with van der Waals surface area (Å²) in [4.78, 5) is 30.6. The Morgan fingerprint density at radius 1 is 1.11 bits per heavy atom. The van der Waals surface area contributed by atoms with E-state index in [0.29, 0.717) is 18.3 Å². The first-order valence-corrected chi connectivity index (χ1v) is 10.8. The standard InChI is InChI=1S/C22H29N3O2S/c1-17(2)24(22(27)16-28-20-9-5-4-6-10-20)15-21(26)25(18-11-12-18)14-19-8-7-13-23(19)3/h4-10,13,17-18H,11-12,14-16H2,1-3H3. The van der Waals surface area contributed by atoms with Crippen molar-refractivity contribution >= 4 is 23.6 Å². The molecule has 2 amide bonds. The van der Waals surface area contributed by atoms with Crippen molar-refractivity contribution in [2.75, 3.05) is 12.3 Å². The number of carbonyl (C=O) groups is 2. The molecule has 1 aliphatic carbocycles. The molecule has 1 aliphatic rings. The maximum Gasteiger partial charge on any atom is 0.242 e. The van der Waals surface area contributed by atoms with Gasteiger partial charge in [-0.2, -0.15) is 0 Å². The number of rotatable bonds is 9. The molecule has 0 atom stereocenters. The minimum atomic E-state index is -0.0103. The van der Waals surface area contributed by atoms with Gasteiger partial charge in [-0.3, -0.25) is 9.59 Å². The number of amides is 2. The molecule has 2 aromatic rings. The Labute approximate surface area is 171 Å². The van der Waals surface area contributed by atoms with Crippen molar-refractivity contribution in [3.05, 3.63) is 54.4 Å². The Morgan fingerprint density at radius 3 is 2.39 bits per heavy atom. The molecule has 0 radical (unpaired) electrons. The van der Waals surface area contributed by atoms with E-state index in [4.69, 9.17) is 0 Å². The predicted molar refractivity (Wildman–Crippen MR) is 113 cm³/mol. The molecule has 1 heterocycles. The summed E-state index contributed by atoms with van der Waals surface area (Å²) in [6, 6.07) is 14.2. The molecule has 0 saturated heterocycles. The molecule has 1 fully saturated rings. The number of nitrogens with zero attached hydrogens (tertiary/aromatic N) is 3. The van der Waals surface area contributed by atoms with Crippen LogP contribution in [-0.4, -0.2) is 50.6 Å².